The Kier molecular flexibility index (Phi) is 11.6. The van der Waals surface area contributed by atoms with Gasteiger partial charge in [-0.1, -0.05) is 51.2 Å². The first-order valence-corrected chi connectivity index (χ1v) is 10.3. The van der Waals surface area contributed by atoms with Gasteiger partial charge in [-0.15, -0.1) is 0 Å². The smallest absolute Gasteiger partial charge is 0.303 e. The molecule has 0 heterocycles. The molecule has 0 saturated heterocycles. The number of carboxylic acids is 1. The van der Waals surface area contributed by atoms with Gasteiger partial charge in [0, 0.05) is 11.7 Å². The first kappa shape index (κ1) is 19.6. The third-order valence-corrected chi connectivity index (χ3v) is 6.11. The van der Waals surface area contributed by atoms with E-state index in [-0.39, 0.29) is 0 Å². The average Bonchev–Trinajstić information content (AvgIpc) is 2.93. The molecule has 1 rings (SSSR count). The minimum atomic E-state index is -0.681. The molecule has 0 aromatic heterocycles. The lowest BCUT2D eigenvalue weighted by Crippen LogP contribution is -2.10. The van der Waals surface area contributed by atoms with Gasteiger partial charge in [-0.05, 0) is 50.2 Å². The summed E-state index contributed by atoms with van der Waals surface area (Å²) in [6.07, 6.45) is 18.8. The van der Waals surface area contributed by atoms with Crippen molar-refractivity contribution in [2.75, 3.05) is 5.75 Å². The Bertz CT molecular complexity index is 315. The third kappa shape index (κ3) is 9.55. The second kappa shape index (κ2) is 13.0. The standard InChI is InChI=1S/C19H34O2S/c1-2-3-4-7-10-16-22-18-14-11-13-17(18)12-8-5-6-9-15-19(20)21/h5,8,17-18H,2-4,6-7,9-16H2,1H3,(H,20,21)/t17-,18-/m0/s1. The monoisotopic (exact) mass is 326 g/mol. The number of unbranched alkanes of at least 4 members (excludes halogenated alkanes) is 5. The normalized spacial score (nSPS) is 21.7. The summed E-state index contributed by atoms with van der Waals surface area (Å²) in [6.45, 7) is 2.27. The summed E-state index contributed by atoms with van der Waals surface area (Å²) in [7, 11) is 0. The second-order valence-corrected chi connectivity index (χ2v) is 7.85. The maximum atomic E-state index is 10.4. The van der Waals surface area contributed by atoms with Gasteiger partial charge in [0.05, 0.1) is 0 Å². The van der Waals surface area contributed by atoms with Gasteiger partial charge in [-0.3, -0.25) is 4.79 Å². The van der Waals surface area contributed by atoms with Gasteiger partial charge in [0.25, 0.3) is 0 Å². The Labute approximate surface area is 141 Å². The number of carboxylic acid groups (broad SMARTS) is 1. The van der Waals surface area contributed by atoms with Crippen LogP contribution in [0.1, 0.15) is 84.0 Å². The van der Waals surface area contributed by atoms with Crippen molar-refractivity contribution < 1.29 is 9.90 Å². The van der Waals surface area contributed by atoms with E-state index in [0.29, 0.717) is 6.42 Å². The van der Waals surface area contributed by atoms with Crippen molar-refractivity contribution in [3.63, 3.8) is 0 Å². The molecule has 1 aliphatic carbocycles. The van der Waals surface area contributed by atoms with E-state index in [2.05, 4.69) is 30.8 Å². The highest BCUT2D eigenvalue weighted by Crippen LogP contribution is 2.37. The molecule has 0 aromatic rings. The zero-order chi connectivity index (χ0) is 16.0. The summed E-state index contributed by atoms with van der Waals surface area (Å²) in [6, 6.07) is 0. The Morgan fingerprint density at radius 2 is 1.95 bits per heavy atom. The summed E-state index contributed by atoms with van der Waals surface area (Å²) in [4.78, 5) is 10.4. The van der Waals surface area contributed by atoms with Crippen LogP contribution in [0.15, 0.2) is 12.2 Å². The maximum absolute atomic E-state index is 10.4. The number of thioether (sulfide) groups is 1. The van der Waals surface area contributed by atoms with Crippen LogP contribution in [-0.4, -0.2) is 22.1 Å². The molecule has 0 aliphatic heterocycles. The highest BCUT2D eigenvalue weighted by Gasteiger charge is 2.26. The molecule has 0 unspecified atom stereocenters. The van der Waals surface area contributed by atoms with E-state index >= 15 is 0 Å². The molecule has 2 atom stereocenters. The Hall–Kier alpha value is -0.440. The van der Waals surface area contributed by atoms with E-state index in [1.165, 1.54) is 63.5 Å². The molecule has 3 heteroatoms. The third-order valence-electron chi connectivity index (χ3n) is 4.54. The van der Waals surface area contributed by atoms with Crippen molar-refractivity contribution in [2.24, 2.45) is 5.92 Å². The topological polar surface area (TPSA) is 37.3 Å². The number of hydrogen-bond acceptors (Lipinski definition) is 2. The van der Waals surface area contributed by atoms with Crippen LogP contribution >= 0.6 is 11.8 Å². The van der Waals surface area contributed by atoms with E-state index in [4.69, 9.17) is 5.11 Å². The molecule has 0 spiro atoms. The summed E-state index contributed by atoms with van der Waals surface area (Å²) >= 11 is 2.21. The first-order chi connectivity index (χ1) is 10.7. The zero-order valence-electron chi connectivity index (χ0n) is 14.3. The summed E-state index contributed by atoms with van der Waals surface area (Å²) in [5, 5.41) is 9.47. The molecule has 1 aliphatic rings. The van der Waals surface area contributed by atoms with Crippen LogP contribution in [0, 0.1) is 5.92 Å². The van der Waals surface area contributed by atoms with Crippen molar-refractivity contribution in [1.29, 1.82) is 0 Å². The lowest BCUT2D eigenvalue weighted by atomic mass is 10.0. The van der Waals surface area contributed by atoms with Gasteiger partial charge in [0.15, 0.2) is 0 Å². The number of rotatable bonds is 13. The van der Waals surface area contributed by atoms with Crippen molar-refractivity contribution >= 4 is 17.7 Å². The minimum Gasteiger partial charge on any atom is -0.481 e. The number of allylic oxidation sites excluding steroid dienone is 2. The number of aliphatic carboxylic acids is 1. The quantitative estimate of drug-likeness (QED) is 0.330. The summed E-state index contributed by atoms with van der Waals surface area (Å²) in [5.41, 5.74) is 0. The van der Waals surface area contributed by atoms with Crippen LogP contribution in [0.5, 0.6) is 0 Å². The lowest BCUT2D eigenvalue weighted by molar-refractivity contribution is -0.137. The fourth-order valence-corrected chi connectivity index (χ4v) is 4.72. The SMILES string of the molecule is CCCCCCCS[C@H]1CCC[C@@H]1CC=CCCCC(=O)O. The van der Waals surface area contributed by atoms with Crippen LogP contribution in [0.2, 0.25) is 0 Å². The van der Waals surface area contributed by atoms with Crippen molar-refractivity contribution in [2.45, 2.75) is 89.2 Å². The molecular weight excluding hydrogens is 292 g/mol. The second-order valence-electron chi connectivity index (χ2n) is 6.51. The van der Waals surface area contributed by atoms with Gasteiger partial charge >= 0.3 is 5.97 Å². The lowest BCUT2D eigenvalue weighted by Gasteiger charge is -2.17. The van der Waals surface area contributed by atoms with Crippen LogP contribution in [0.4, 0.5) is 0 Å². The maximum Gasteiger partial charge on any atom is 0.303 e. The van der Waals surface area contributed by atoms with Crippen molar-refractivity contribution in [1.82, 2.24) is 0 Å². The van der Waals surface area contributed by atoms with E-state index in [1.54, 1.807) is 0 Å². The predicted molar refractivity (Wildman–Crippen MR) is 97.6 cm³/mol. The first-order valence-electron chi connectivity index (χ1n) is 9.22. The Morgan fingerprint density at radius 1 is 1.14 bits per heavy atom. The highest BCUT2D eigenvalue weighted by atomic mass is 32.2. The fourth-order valence-electron chi connectivity index (χ4n) is 3.19. The number of hydrogen-bond donors (Lipinski definition) is 1. The van der Waals surface area contributed by atoms with Crippen LogP contribution in [-0.2, 0) is 4.79 Å². The number of carbonyl (C=O) groups is 1. The zero-order valence-corrected chi connectivity index (χ0v) is 15.1. The molecule has 1 fully saturated rings. The van der Waals surface area contributed by atoms with Gasteiger partial charge < -0.3 is 5.11 Å². The van der Waals surface area contributed by atoms with Crippen molar-refractivity contribution in [3.8, 4) is 0 Å². The molecule has 128 valence electrons. The van der Waals surface area contributed by atoms with E-state index in [9.17, 15) is 4.79 Å². The van der Waals surface area contributed by atoms with Crippen molar-refractivity contribution in [3.05, 3.63) is 12.2 Å². The van der Waals surface area contributed by atoms with E-state index in [0.717, 1.165) is 24.0 Å². The Morgan fingerprint density at radius 3 is 2.73 bits per heavy atom. The molecule has 1 saturated carbocycles. The van der Waals surface area contributed by atoms with Crippen LogP contribution in [0.3, 0.4) is 0 Å². The summed E-state index contributed by atoms with van der Waals surface area (Å²) in [5.74, 6) is 1.52. The van der Waals surface area contributed by atoms with Crippen LogP contribution < -0.4 is 0 Å². The van der Waals surface area contributed by atoms with Gasteiger partial charge in [-0.2, -0.15) is 11.8 Å². The van der Waals surface area contributed by atoms with Gasteiger partial charge in [0.1, 0.15) is 0 Å². The molecule has 0 bridgehead atoms. The predicted octanol–water partition coefficient (Wildman–Crippen LogP) is 6.06. The molecule has 22 heavy (non-hydrogen) atoms. The molecule has 0 radical (unpaired) electrons. The molecular formula is C19H34O2S. The van der Waals surface area contributed by atoms with E-state index in [1.807, 2.05) is 0 Å². The largest absolute Gasteiger partial charge is 0.481 e. The molecule has 1 N–H and O–H groups in total. The highest BCUT2D eigenvalue weighted by molar-refractivity contribution is 7.99. The average molecular weight is 327 g/mol. The van der Waals surface area contributed by atoms with Gasteiger partial charge in [0.2, 0.25) is 0 Å². The summed E-state index contributed by atoms with van der Waals surface area (Å²) < 4.78 is 0. The van der Waals surface area contributed by atoms with E-state index < -0.39 is 5.97 Å². The molecule has 0 aromatic carbocycles. The van der Waals surface area contributed by atoms with Crippen LogP contribution in [0.25, 0.3) is 0 Å². The minimum absolute atomic E-state index is 0.296. The fraction of sp³-hybridized carbons (Fsp3) is 0.842. The molecule has 2 nitrogen and oxygen atoms in total. The Balaban J connectivity index is 2.07. The molecule has 0 amide bonds. The van der Waals surface area contributed by atoms with Gasteiger partial charge in [-0.25, -0.2) is 0 Å².